The molecule has 160 valence electrons. The molecule has 0 saturated carbocycles. The number of rotatable bonds is 7. The largest absolute Gasteiger partial charge is 0.461 e. The molecule has 0 atom stereocenters. The van der Waals surface area contributed by atoms with Gasteiger partial charge < -0.3 is 10.1 Å². The maximum atomic E-state index is 13.5. The van der Waals surface area contributed by atoms with Crippen molar-refractivity contribution in [2.24, 2.45) is 0 Å². The van der Waals surface area contributed by atoms with E-state index in [4.69, 9.17) is 4.74 Å². The number of aromatic nitrogens is 2. The first kappa shape index (κ1) is 21.1. The molecule has 6 nitrogen and oxygen atoms in total. The van der Waals surface area contributed by atoms with E-state index in [0.29, 0.717) is 11.5 Å². The van der Waals surface area contributed by atoms with E-state index in [1.165, 1.54) is 10.7 Å². The third kappa shape index (κ3) is 4.59. The Bertz CT molecular complexity index is 1150. The highest BCUT2D eigenvalue weighted by molar-refractivity contribution is 5.99. The van der Waals surface area contributed by atoms with Crippen molar-refractivity contribution in [3.05, 3.63) is 114 Å². The molecule has 0 bridgehead atoms. The molecule has 0 saturated heterocycles. The van der Waals surface area contributed by atoms with Gasteiger partial charge in [-0.15, -0.1) is 0 Å². The fourth-order valence-corrected chi connectivity index (χ4v) is 3.53. The number of amides is 1. The number of benzene rings is 3. The summed E-state index contributed by atoms with van der Waals surface area (Å²) in [5.74, 6) is -0.904. The lowest BCUT2D eigenvalue weighted by molar-refractivity contribution is -0.116. The Morgan fingerprint density at radius 1 is 0.875 bits per heavy atom. The zero-order valence-corrected chi connectivity index (χ0v) is 17.6. The van der Waals surface area contributed by atoms with E-state index in [1.807, 2.05) is 91.0 Å². The number of hydrogen-bond acceptors (Lipinski definition) is 4. The van der Waals surface area contributed by atoms with Crippen LogP contribution in [0.15, 0.2) is 97.1 Å². The molecule has 1 N–H and O–H groups in total. The van der Waals surface area contributed by atoms with Crippen LogP contribution >= 0.6 is 0 Å². The Hall–Kier alpha value is -4.19. The van der Waals surface area contributed by atoms with Crippen molar-refractivity contribution < 1.29 is 14.3 Å². The second kappa shape index (κ2) is 9.75. The lowest BCUT2D eigenvalue weighted by Crippen LogP contribution is -2.23. The Kier molecular flexibility index (Phi) is 6.41. The van der Waals surface area contributed by atoms with Crippen molar-refractivity contribution in [2.45, 2.75) is 12.8 Å². The molecule has 32 heavy (non-hydrogen) atoms. The van der Waals surface area contributed by atoms with Crippen LogP contribution in [0.1, 0.15) is 34.5 Å². The predicted octanol–water partition coefficient (Wildman–Crippen LogP) is 4.82. The maximum absolute atomic E-state index is 13.5. The summed E-state index contributed by atoms with van der Waals surface area (Å²) in [6, 6.07) is 30.0. The van der Waals surface area contributed by atoms with Crippen molar-refractivity contribution >= 4 is 17.7 Å². The van der Waals surface area contributed by atoms with E-state index in [9.17, 15) is 9.59 Å². The summed E-state index contributed by atoms with van der Waals surface area (Å²) in [5, 5.41) is 7.36. The summed E-state index contributed by atoms with van der Waals surface area (Å²) < 4.78 is 6.63. The van der Waals surface area contributed by atoms with E-state index in [0.717, 1.165) is 11.1 Å². The average molecular weight is 425 g/mol. The molecular weight excluding hydrogens is 402 g/mol. The van der Waals surface area contributed by atoms with E-state index >= 15 is 0 Å². The first-order valence-electron chi connectivity index (χ1n) is 10.4. The molecule has 6 heteroatoms. The molecule has 0 unspecified atom stereocenters. The standard InChI is InChI=1S/C26H23N3O3/c1-2-32-26(31)22-18-23(29(28-22)21-16-10-5-11-17-21)27-25(30)24(19-12-6-3-7-13-19)20-14-8-4-9-15-20/h3-18,24H,2H2,1H3,(H,27,30). The average Bonchev–Trinajstić information content (AvgIpc) is 3.25. The molecule has 0 aliphatic rings. The van der Waals surface area contributed by atoms with Crippen LogP contribution in [0.4, 0.5) is 5.82 Å². The number of carbonyl (C=O) groups excluding carboxylic acids is 2. The van der Waals surface area contributed by atoms with Gasteiger partial charge in [-0.2, -0.15) is 5.10 Å². The van der Waals surface area contributed by atoms with Gasteiger partial charge in [0.2, 0.25) is 5.91 Å². The Morgan fingerprint density at radius 3 is 1.94 bits per heavy atom. The van der Waals surface area contributed by atoms with Crippen LogP contribution in [0.3, 0.4) is 0 Å². The third-order valence-electron chi connectivity index (χ3n) is 4.97. The summed E-state index contributed by atoms with van der Waals surface area (Å²) in [7, 11) is 0. The van der Waals surface area contributed by atoms with Crippen molar-refractivity contribution in [3.8, 4) is 5.69 Å². The lowest BCUT2D eigenvalue weighted by atomic mass is 9.90. The van der Waals surface area contributed by atoms with Crippen LogP contribution in [-0.4, -0.2) is 28.3 Å². The van der Waals surface area contributed by atoms with Gasteiger partial charge in [0.15, 0.2) is 5.69 Å². The lowest BCUT2D eigenvalue weighted by Gasteiger charge is -2.18. The highest BCUT2D eigenvalue weighted by atomic mass is 16.5. The number of ether oxygens (including phenoxy) is 1. The van der Waals surface area contributed by atoms with Gasteiger partial charge in [0.1, 0.15) is 5.82 Å². The topological polar surface area (TPSA) is 73.2 Å². The third-order valence-corrected chi connectivity index (χ3v) is 4.97. The molecule has 0 radical (unpaired) electrons. The smallest absolute Gasteiger partial charge is 0.358 e. The van der Waals surface area contributed by atoms with Crippen LogP contribution in [0.5, 0.6) is 0 Å². The van der Waals surface area contributed by atoms with Crippen LogP contribution in [0.2, 0.25) is 0 Å². The van der Waals surface area contributed by atoms with Gasteiger partial charge in [-0.05, 0) is 30.2 Å². The molecule has 1 amide bonds. The Labute approximate surface area is 186 Å². The minimum absolute atomic E-state index is 0.127. The molecule has 4 rings (SSSR count). The van der Waals surface area contributed by atoms with Gasteiger partial charge in [-0.3, -0.25) is 4.79 Å². The summed E-state index contributed by atoms with van der Waals surface area (Å²) in [6.07, 6.45) is 0. The van der Waals surface area contributed by atoms with Crippen molar-refractivity contribution in [3.63, 3.8) is 0 Å². The van der Waals surface area contributed by atoms with E-state index in [-0.39, 0.29) is 18.2 Å². The molecule has 4 aromatic rings. The van der Waals surface area contributed by atoms with Gasteiger partial charge >= 0.3 is 5.97 Å². The van der Waals surface area contributed by atoms with E-state index in [2.05, 4.69) is 10.4 Å². The van der Waals surface area contributed by atoms with Crippen LogP contribution in [-0.2, 0) is 9.53 Å². The van der Waals surface area contributed by atoms with Gasteiger partial charge in [0.05, 0.1) is 18.2 Å². The molecule has 0 aliphatic carbocycles. The number of carbonyl (C=O) groups is 2. The Morgan fingerprint density at radius 2 is 1.41 bits per heavy atom. The second-order valence-electron chi connectivity index (χ2n) is 7.13. The highest BCUT2D eigenvalue weighted by Gasteiger charge is 2.25. The molecule has 0 aliphatic heterocycles. The molecule has 3 aromatic carbocycles. The van der Waals surface area contributed by atoms with Gasteiger partial charge in [-0.25, -0.2) is 9.48 Å². The minimum Gasteiger partial charge on any atom is -0.461 e. The van der Waals surface area contributed by atoms with Gasteiger partial charge in [-0.1, -0.05) is 78.9 Å². The fourth-order valence-electron chi connectivity index (χ4n) is 3.53. The number of esters is 1. The summed E-state index contributed by atoms with van der Waals surface area (Å²) >= 11 is 0. The summed E-state index contributed by atoms with van der Waals surface area (Å²) in [5.41, 5.74) is 2.58. The monoisotopic (exact) mass is 425 g/mol. The number of nitrogens with one attached hydrogen (secondary N) is 1. The van der Waals surface area contributed by atoms with Crippen LogP contribution in [0, 0.1) is 0 Å². The number of nitrogens with zero attached hydrogens (tertiary/aromatic N) is 2. The van der Waals surface area contributed by atoms with Crippen LogP contribution in [0.25, 0.3) is 5.69 Å². The molecule has 1 heterocycles. The predicted molar refractivity (Wildman–Crippen MR) is 123 cm³/mol. The first-order chi connectivity index (χ1) is 15.7. The molecule has 0 fully saturated rings. The summed E-state index contributed by atoms with van der Waals surface area (Å²) in [6.45, 7) is 1.97. The summed E-state index contributed by atoms with van der Waals surface area (Å²) in [4.78, 5) is 25.8. The molecular formula is C26H23N3O3. The van der Waals surface area contributed by atoms with Crippen molar-refractivity contribution in [1.82, 2.24) is 9.78 Å². The zero-order valence-electron chi connectivity index (χ0n) is 17.6. The second-order valence-corrected chi connectivity index (χ2v) is 7.13. The SMILES string of the molecule is CCOC(=O)c1cc(NC(=O)C(c2ccccc2)c2ccccc2)n(-c2ccccc2)n1. The fraction of sp³-hybridized carbons (Fsp3) is 0.115. The van der Waals surface area contributed by atoms with E-state index < -0.39 is 11.9 Å². The normalized spacial score (nSPS) is 10.7. The first-order valence-corrected chi connectivity index (χ1v) is 10.4. The Balaban J connectivity index is 1.73. The number of anilines is 1. The molecule has 0 spiro atoms. The van der Waals surface area contributed by atoms with Crippen molar-refractivity contribution in [2.75, 3.05) is 11.9 Å². The number of para-hydroxylation sites is 1. The highest BCUT2D eigenvalue weighted by Crippen LogP contribution is 2.27. The maximum Gasteiger partial charge on any atom is 0.358 e. The van der Waals surface area contributed by atoms with E-state index in [1.54, 1.807) is 6.92 Å². The number of hydrogen-bond donors (Lipinski definition) is 1. The van der Waals surface area contributed by atoms with Crippen LogP contribution < -0.4 is 5.32 Å². The van der Waals surface area contributed by atoms with Gasteiger partial charge in [0, 0.05) is 6.07 Å². The minimum atomic E-state index is -0.541. The molecule has 1 aromatic heterocycles. The quantitative estimate of drug-likeness (QED) is 0.431. The van der Waals surface area contributed by atoms with Gasteiger partial charge in [0.25, 0.3) is 0 Å². The van der Waals surface area contributed by atoms with Crippen molar-refractivity contribution in [1.29, 1.82) is 0 Å². The zero-order chi connectivity index (χ0) is 22.3.